The van der Waals surface area contributed by atoms with Crippen LogP contribution in [0.1, 0.15) is 63.4 Å². The number of hydrogen-bond donors (Lipinski definition) is 0. The zero-order valence-electron chi connectivity index (χ0n) is 16.7. The number of piperidine rings is 1. The molecule has 0 radical (unpaired) electrons. The molecule has 1 aliphatic rings. The van der Waals surface area contributed by atoms with E-state index in [9.17, 15) is 4.79 Å². The van der Waals surface area contributed by atoms with E-state index in [1.807, 2.05) is 26.8 Å². The second-order valence-electron chi connectivity index (χ2n) is 8.08. The number of allylic oxidation sites excluding steroid dienone is 1. The van der Waals surface area contributed by atoms with Gasteiger partial charge in [-0.25, -0.2) is 9.86 Å². The minimum Gasteiger partial charge on any atom is -0.269 e. The van der Waals surface area contributed by atoms with Crippen molar-refractivity contribution in [2.45, 2.75) is 65.0 Å². The van der Waals surface area contributed by atoms with Crippen LogP contribution < -0.4 is 0 Å². The van der Waals surface area contributed by atoms with Gasteiger partial charge in [-0.1, -0.05) is 30.3 Å². The number of benzene rings is 1. The molecule has 2 heterocycles. The lowest BCUT2D eigenvalue weighted by molar-refractivity contribution is -0.213. The average Bonchev–Trinajstić information content (AvgIpc) is 3.04. The Balaban J connectivity index is 1.77. The molecule has 0 saturated carbocycles. The highest BCUT2D eigenvalue weighted by Crippen LogP contribution is 2.34. The molecule has 144 valence electrons. The lowest BCUT2D eigenvalue weighted by Crippen LogP contribution is -2.38. The Hall–Kier alpha value is -2.36. The summed E-state index contributed by atoms with van der Waals surface area (Å²) in [5.41, 5.74) is 3.79. The quantitative estimate of drug-likeness (QED) is 0.746. The van der Waals surface area contributed by atoms with Gasteiger partial charge in [-0.2, -0.15) is 5.10 Å². The van der Waals surface area contributed by atoms with Crippen molar-refractivity contribution >= 4 is 5.94 Å². The summed E-state index contributed by atoms with van der Waals surface area (Å²) in [5, 5.41) is 6.52. The van der Waals surface area contributed by atoms with Crippen molar-refractivity contribution in [1.82, 2.24) is 14.8 Å². The van der Waals surface area contributed by atoms with Crippen LogP contribution in [0.25, 0.3) is 0 Å². The van der Waals surface area contributed by atoms with Crippen LogP contribution in [0, 0.1) is 0 Å². The van der Waals surface area contributed by atoms with Gasteiger partial charge in [0, 0.05) is 37.5 Å². The van der Waals surface area contributed by atoms with E-state index in [-0.39, 0.29) is 11.5 Å². The molecule has 1 aromatic carbocycles. The maximum absolute atomic E-state index is 11.5. The van der Waals surface area contributed by atoms with Gasteiger partial charge in [0.05, 0.1) is 11.3 Å². The van der Waals surface area contributed by atoms with E-state index in [0.717, 1.165) is 25.1 Å². The molecule has 1 fully saturated rings. The number of aromatic nitrogens is 2. The summed E-state index contributed by atoms with van der Waals surface area (Å²) >= 11 is 0. The molecule has 0 amide bonds. The Morgan fingerprint density at radius 1 is 1.26 bits per heavy atom. The smallest absolute Gasteiger partial charge is 0.148 e. The molecule has 2 aromatic rings. The third kappa shape index (κ3) is 4.88. The van der Waals surface area contributed by atoms with E-state index in [1.165, 1.54) is 11.3 Å². The minimum absolute atomic E-state index is 0.262. The van der Waals surface area contributed by atoms with Gasteiger partial charge < -0.3 is 0 Å². The van der Waals surface area contributed by atoms with Crippen LogP contribution in [0.15, 0.2) is 42.1 Å². The standard InChI is InChI=1S/C22H29N3O2/c1-5-24-21(15-19(23-24)13-17-9-7-6-8-10-17)18-11-12-25(20(14-18)16-26)27-22(2,3)4/h6-10,15,18H,5,11-14H2,1-4H3. The van der Waals surface area contributed by atoms with Crippen LogP contribution in [-0.2, 0) is 22.6 Å². The van der Waals surface area contributed by atoms with Crippen LogP contribution in [0.4, 0.5) is 0 Å². The van der Waals surface area contributed by atoms with Gasteiger partial charge in [0.25, 0.3) is 0 Å². The molecule has 27 heavy (non-hydrogen) atoms. The first-order valence-electron chi connectivity index (χ1n) is 9.71. The Labute approximate surface area is 161 Å². The molecule has 5 heteroatoms. The molecule has 0 bridgehead atoms. The number of nitrogens with zero attached hydrogens (tertiary/aromatic N) is 3. The van der Waals surface area contributed by atoms with Gasteiger partial charge in [-0.05, 0) is 45.7 Å². The lowest BCUT2D eigenvalue weighted by atomic mass is 9.92. The molecule has 0 spiro atoms. The van der Waals surface area contributed by atoms with Crippen molar-refractivity contribution in [3.05, 3.63) is 59.0 Å². The highest BCUT2D eigenvalue weighted by Gasteiger charge is 2.30. The summed E-state index contributed by atoms with van der Waals surface area (Å²) in [6, 6.07) is 12.6. The van der Waals surface area contributed by atoms with Crippen molar-refractivity contribution < 1.29 is 9.63 Å². The topological polar surface area (TPSA) is 47.4 Å². The van der Waals surface area contributed by atoms with Crippen LogP contribution in [0.3, 0.4) is 0 Å². The minimum atomic E-state index is -0.330. The van der Waals surface area contributed by atoms with Gasteiger partial charge in [-0.15, -0.1) is 0 Å². The van der Waals surface area contributed by atoms with E-state index < -0.39 is 0 Å². The summed E-state index contributed by atoms with van der Waals surface area (Å²) in [6.45, 7) is 9.59. The number of hydrogen-bond acceptors (Lipinski definition) is 4. The molecule has 1 atom stereocenters. The number of hydroxylamine groups is 2. The largest absolute Gasteiger partial charge is 0.269 e. The predicted molar refractivity (Wildman–Crippen MR) is 106 cm³/mol. The van der Waals surface area contributed by atoms with Crippen molar-refractivity contribution in [2.24, 2.45) is 0 Å². The summed E-state index contributed by atoms with van der Waals surface area (Å²) in [7, 11) is 0. The van der Waals surface area contributed by atoms with E-state index in [4.69, 9.17) is 9.94 Å². The van der Waals surface area contributed by atoms with E-state index >= 15 is 0 Å². The van der Waals surface area contributed by atoms with Gasteiger partial charge in [0.2, 0.25) is 0 Å². The normalized spacial score (nSPS) is 17.9. The van der Waals surface area contributed by atoms with Crippen molar-refractivity contribution in [2.75, 3.05) is 6.54 Å². The molecule has 3 rings (SSSR count). The number of carbonyl (C=O) groups excluding carboxylic acids is 1. The van der Waals surface area contributed by atoms with Crippen LogP contribution in [0.5, 0.6) is 0 Å². The first kappa shape index (κ1) is 19.4. The fourth-order valence-electron chi connectivity index (χ4n) is 3.58. The fourth-order valence-corrected chi connectivity index (χ4v) is 3.58. The SMILES string of the molecule is CCn1nc(Cc2ccccc2)cc1C1CCN(OC(C)(C)C)C(=C=O)C1. The first-order valence-corrected chi connectivity index (χ1v) is 9.71. The first-order chi connectivity index (χ1) is 12.9. The zero-order valence-corrected chi connectivity index (χ0v) is 16.7. The van der Waals surface area contributed by atoms with Crippen molar-refractivity contribution in [3.63, 3.8) is 0 Å². The molecule has 1 unspecified atom stereocenters. The van der Waals surface area contributed by atoms with E-state index in [1.54, 1.807) is 5.06 Å². The van der Waals surface area contributed by atoms with Gasteiger partial charge in [0.15, 0.2) is 0 Å². The molecule has 1 aromatic heterocycles. The summed E-state index contributed by atoms with van der Waals surface area (Å²) < 4.78 is 2.08. The summed E-state index contributed by atoms with van der Waals surface area (Å²) in [6.07, 6.45) is 2.39. The zero-order chi connectivity index (χ0) is 19.4. The molecule has 1 aliphatic heterocycles. The summed E-state index contributed by atoms with van der Waals surface area (Å²) in [5.74, 6) is 2.36. The number of aryl methyl sites for hydroxylation is 1. The monoisotopic (exact) mass is 367 g/mol. The number of rotatable bonds is 5. The molecule has 0 N–H and O–H groups in total. The Morgan fingerprint density at radius 2 is 2.00 bits per heavy atom. The van der Waals surface area contributed by atoms with Crippen LogP contribution in [0.2, 0.25) is 0 Å². The lowest BCUT2D eigenvalue weighted by Gasteiger charge is -2.37. The van der Waals surface area contributed by atoms with Gasteiger partial charge in [-0.3, -0.25) is 9.52 Å². The highest BCUT2D eigenvalue weighted by atomic mass is 16.7. The molecular weight excluding hydrogens is 338 g/mol. The van der Waals surface area contributed by atoms with Crippen molar-refractivity contribution in [3.8, 4) is 0 Å². The van der Waals surface area contributed by atoms with Crippen LogP contribution >= 0.6 is 0 Å². The van der Waals surface area contributed by atoms with E-state index in [0.29, 0.717) is 18.7 Å². The second kappa shape index (κ2) is 8.12. The molecule has 5 nitrogen and oxygen atoms in total. The Kier molecular flexibility index (Phi) is 5.83. The summed E-state index contributed by atoms with van der Waals surface area (Å²) in [4.78, 5) is 17.4. The van der Waals surface area contributed by atoms with Crippen LogP contribution in [-0.4, -0.2) is 32.9 Å². The maximum Gasteiger partial charge on any atom is 0.148 e. The second-order valence-corrected chi connectivity index (χ2v) is 8.08. The highest BCUT2D eigenvalue weighted by molar-refractivity contribution is 5.52. The maximum atomic E-state index is 11.5. The Morgan fingerprint density at radius 3 is 2.63 bits per heavy atom. The van der Waals surface area contributed by atoms with Gasteiger partial charge >= 0.3 is 0 Å². The third-order valence-electron chi connectivity index (χ3n) is 4.73. The van der Waals surface area contributed by atoms with Gasteiger partial charge in [0.1, 0.15) is 11.6 Å². The molecule has 1 saturated heterocycles. The predicted octanol–water partition coefficient (Wildman–Crippen LogP) is 4.12. The third-order valence-corrected chi connectivity index (χ3v) is 4.73. The average molecular weight is 367 g/mol. The molecular formula is C22H29N3O2. The van der Waals surface area contributed by atoms with Crippen molar-refractivity contribution in [1.29, 1.82) is 0 Å². The fraction of sp³-hybridized carbons (Fsp3) is 0.500. The Bertz CT molecular complexity index is 814. The molecule has 0 aliphatic carbocycles. The van der Waals surface area contributed by atoms with E-state index in [2.05, 4.69) is 47.9 Å².